The number of ether oxygens (including phenoxy) is 1. The highest BCUT2D eigenvalue weighted by atomic mass is 35.5. The molecule has 2 aromatic rings. The molecule has 2 heterocycles. The summed E-state index contributed by atoms with van der Waals surface area (Å²) < 4.78 is 7.54. The molecule has 0 aliphatic carbocycles. The van der Waals surface area contributed by atoms with Crippen molar-refractivity contribution in [3.05, 3.63) is 38.3 Å². The second-order valence-electron chi connectivity index (χ2n) is 4.67. The van der Waals surface area contributed by atoms with Crippen molar-refractivity contribution < 1.29 is 4.74 Å². The molecule has 1 aromatic heterocycles. The van der Waals surface area contributed by atoms with Crippen LogP contribution in [0.2, 0.25) is 5.02 Å². The highest BCUT2D eigenvalue weighted by Gasteiger charge is 2.17. The van der Waals surface area contributed by atoms with Gasteiger partial charge in [-0.3, -0.25) is 9.36 Å². The fraction of sp³-hybridized carbons (Fsp3) is 0.385. The normalized spacial score (nSPS) is 19.1. The van der Waals surface area contributed by atoms with Crippen molar-refractivity contribution >= 4 is 34.7 Å². The summed E-state index contributed by atoms with van der Waals surface area (Å²) in [4.78, 5) is 15.5. The van der Waals surface area contributed by atoms with E-state index in [1.54, 1.807) is 22.8 Å². The van der Waals surface area contributed by atoms with Gasteiger partial charge in [0.1, 0.15) is 0 Å². The monoisotopic (exact) mass is 296 g/mol. The van der Waals surface area contributed by atoms with Crippen LogP contribution >= 0.6 is 23.8 Å². The van der Waals surface area contributed by atoms with Crippen LogP contribution in [0.3, 0.4) is 0 Å². The summed E-state index contributed by atoms with van der Waals surface area (Å²) in [5.41, 5.74) is 0.581. The van der Waals surface area contributed by atoms with Crippen LogP contribution in [-0.4, -0.2) is 22.3 Å². The Morgan fingerprint density at radius 3 is 3.11 bits per heavy atom. The van der Waals surface area contributed by atoms with Crippen LogP contribution in [0.1, 0.15) is 12.8 Å². The van der Waals surface area contributed by atoms with Gasteiger partial charge in [-0.25, -0.2) is 0 Å². The van der Waals surface area contributed by atoms with E-state index in [1.165, 1.54) is 0 Å². The summed E-state index contributed by atoms with van der Waals surface area (Å²) in [7, 11) is 0. The first-order chi connectivity index (χ1) is 9.15. The lowest BCUT2D eigenvalue weighted by atomic mass is 10.2. The molecule has 1 aliphatic rings. The molecule has 1 aromatic carbocycles. The molecule has 6 heteroatoms. The average molecular weight is 297 g/mol. The average Bonchev–Trinajstić information content (AvgIpc) is 2.87. The van der Waals surface area contributed by atoms with Gasteiger partial charge in [0.05, 0.1) is 23.6 Å². The molecular formula is C13H13ClN2O2S. The first kappa shape index (κ1) is 12.8. The van der Waals surface area contributed by atoms with Crippen molar-refractivity contribution in [3.63, 3.8) is 0 Å². The van der Waals surface area contributed by atoms with E-state index in [2.05, 4.69) is 4.98 Å². The third-order valence-electron chi connectivity index (χ3n) is 3.35. The Morgan fingerprint density at radius 1 is 1.53 bits per heavy atom. The third-order valence-corrected chi connectivity index (χ3v) is 3.91. The number of hydrogen-bond donors (Lipinski definition) is 1. The SMILES string of the molecule is O=c1c2ccc(Cl)cc2[nH]c(=S)n1C[C@@H]1CCCO1. The number of H-pyrrole nitrogens is 1. The Kier molecular flexibility index (Phi) is 3.43. The van der Waals surface area contributed by atoms with Crippen LogP contribution in [0.5, 0.6) is 0 Å². The Morgan fingerprint density at radius 2 is 2.37 bits per heavy atom. The zero-order chi connectivity index (χ0) is 13.4. The Bertz CT molecular complexity index is 731. The molecule has 1 atom stereocenters. The summed E-state index contributed by atoms with van der Waals surface area (Å²) in [5.74, 6) is 0. The van der Waals surface area contributed by atoms with Crippen LogP contribution in [0.4, 0.5) is 0 Å². The molecule has 1 saturated heterocycles. The van der Waals surface area contributed by atoms with E-state index < -0.39 is 0 Å². The van der Waals surface area contributed by atoms with Crippen molar-refractivity contribution in [3.8, 4) is 0 Å². The number of nitrogens with one attached hydrogen (secondary N) is 1. The van der Waals surface area contributed by atoms with Gasteiger partial charge >= 0.3 is 0 Å². The van der Waals surface area contributed by atoms with Crippen molar-refractivity contribution in [2.45, 2.75) is 25.5 Å². The molecule has 1 fully saturated rings. The highest BCUT2D eigenvalue weighted by molar-refractivity contribution is 7.71. The Balaban J connectivity index is 2.11. The van der Waals surface area contributed by atoms with Crippen LogP contribution < -0.4 is 5.56 Å². The zero-order valence-corrected chi connectivity index (χ0v) is 11.8. The van der Waals surface area contributed by atoms with Crippen LogP contribution in [-0.2, 0) is 11.3 Å². The van der Waals surface area contributed by atoms with Crippen LogP contribution in [0, 0.1) is 4.77 Å². The van der Waals surface area contributed by atoms with Gasteiger partial charge in [-0.2, -0.15) is 0 Å². The molecule has 0 bridgehead atoms. The van der Waals surface area contributed by atoms with E-state index >= 15 is 0 Å². The second kappa shape index (κ2) is 5.07. The number of benzene rings is 1. The van der Waals surface area contributed by atoms with Gasteiger partial charge in [0.25, 0.3) is 5.56 Å². The van der Waals surface area contributed by atoms with E-state index in [0.29, 0.717) is 27.2 Å². The van der Waals surface area contributed by atoms with Crippen molar-refractivity contribution in [2.24, 2.45) is 0 Å². The van der Waals surface area contributed by atoms with Gasteiger partial charge < -0.3 is 9.72 Å². The maximum atomic E-state index is 12.4. The molecule has 0 amide bonds. The molecule has 4 nitrogen and oxygen atoms in total. The molecule has 0 spiro atoms. The molecule has 1 aliphatic heterocycles. The molecule has 0 radical (unpaired) electrons. The van der Waals surface area contributed by atoms with E-state index in [4.69, 9.17) is 28.6 Å². The first-order valence-electron chi connectivity index (χ1n) is 6.19. The Labute approximate surface area is 120 Å². The standard InChI is InChI=1S/C13H13ClN2O2S/c14-8-3-4-10-11(6-8)15-13(19)16(12(10)17)7-9-2-1-5-18-9/h3-4,6,9H,1-2,5,7H2,(H,15,19)/t9-/m0/s1. The molecule has 3 rings (SSSR count). The van der Waals surface area contributed by atoms with Gasteiger partial charge in [-0.05, 0) is 43.3 Å². The number of aromatic nitrogens is 2. The minimum absolute atomic E-state index is 0.0811. The van der Waals surface area contributed by atoms with E-state index in [9.17, 15) is 4.79 Å². The largest absolute Gasteiger partial charge is 0.376 e. The molecule has 0 saturated carbocycles. The molecule has 19 heavy (non-hydrogen) atoms. The number of rotatable bonds is 2. The minimum Gasteiger partial charge on any atom is -0.376 e. The lowest BCUT2D eigenvalue weighted by Crippen LogP contribution is -2.27. The van der Waals surface area contributed by atoms with Crippen molar-refractivity contribution in [2.75, 3.05) is 6.61 Å². The van der Waals surface area contributed by atoms with Gasteiger partial charge in [0.2, 0.25) is 0 Å². The topological polar surface area (TPSA) is 47.0 Å². The quantitative estimate of drug-likeness (QED) is 0.867. The van der Waals surface area contributed by atoms with Crippen molar-refractivity contribution in [1.29, 1.82) is 0 Å². The lowest BCUT2D eigenvalue weighted by Gasteiger charge is -2.12. The predicted molar refractivity (Wildman–Crippen MR) is 77.4 cm³/mol. The first-order valence-corrected chi connectivity index (χ1v) is 6.98. The number of aromatic amines is 1. The summed E-state index contributed by atoms with van der Waals surface area (Å²) in [6.45, 7) is 1.27. The van der Waals surface area contributed by atoms with Gasteiger partial charge in [-0.1, -0.05) is 11.6 Å². The second-order valence-corrected chi connectivity index (χ2v) is 5.49. The van der Waals surface area contributed by atoms with Gasteiger partial charge in [0, 0.05) is 11.6 Å². The zero-order valence-electron chi connectivity index (χ0n) is 10.2. The Hall–Kier alpha value is -1.17. The lowest BCUT2D eigenvalue weighted by molar-refractivity contribution is 0.0957. The van der Waals surface area contributed by atoms with E-state index in [0.717, 1.165) is 19.4 Å². The molecule has 100 valence electrons. The number of halogens is 1. The maximum absolute atomic E-state index is 12.4. The summed E-state index contributed by atoms with van der Waals surface area (Å²) in [5, 5.41) is 1.17. The summed E-state index contributed by atoms with van der Waals surface area (Å²) in [6, 6.07) is 5.14. The molecule has 1 N–H and O–H groups in total. The van der Waals surface area contributed by atoms with E-state index in [-0.39, 0.29) is 11.7 Å². The minimum atomic E-state index is -0.0917. The summed E-state index contributed by atoms with van der Waals surface area (Å²) in [6.07, 6.45) is 2.09. The molecular weight excluding hydrogens is 284 g/mol. The fourth-order valence-electron chi connectivity index (χ4n) is 2.38. The highest BCUT2D eigenvalue weighted by Crippen LogP contribution is 2.16. The number of nitrogens with zero attached hydrogens (tertiary/aromatic N) is 1. The third kappa shape index (κ3) is 2.45. The van der Waals surface area contributed by atoms with Gasteiger partial charge in [0.15, 0.2) is 4.77 Å². The number of hydrogen-bond acceptors (Lipinski definition) is 3. The number of fused-ring (bicyclic) bond motifs is 1. The van der Waals surface area contributed by atoms with Crippen molar-refractivity contribution in [1.82, 2.24) is 9.55 Å². The van der Waals surface area contributed by atoms with Crippen LogP contribution in [0.25, 0.3) is 10.9 Å². The fourth-order valence-corrected chi connectivity index (χ4v) is 2.82. The molecule has 0 unspecified atom stereocenters. The van der Waals surface area contributed by atoms with Gasteiger partial charge in [-0.15, -0.1) is 0 Å². The maximum Gasteiger partial charge on any atom is 0.262 e. The summed E-state index contributed by atoms with van der Waals surface area (Å²) >= 11 is 11.2. The van der Waals surface area contributed by atoms with E-state index in [1.807, 2.05) is 0 Å². The smallest absolute Gasteiger partial charge is 0.262 e. The van der Waals surface area contributed by atoms with Crippen LogP contribution in [0.15, 0.2) is 23.0 Å². The predicted octanol–water partition coefficient (Wildman–Crippen LogP) is 2.89.